The number of hydrogen-bond acceptors (Lipinski definition) is 3. The van der Waals surface area contributed by atoms with Crippen LogP contribution in [0.3, 0.4) is 0 Å². The summed E-state index contributed by atoms with van der Waals surface area (Å²) in [4.78, 5) is 2.00. The number of hydrogen-bond donors (Lipinski definition) is 2. The molecule has 1 fully saturated rings. The molecule has 2 atom stereocenters. The van der Waals surface area contributed by atoms with E-state index in [1.165, 1.54) is 18.2 Å². The molecule has 26 heavy (non-hydrogen) atoms. The van der Waals surface area contributed by atoms with Crippen molar-refractivity contribution in [1.29, 1.82) is 0 Å². The Bertz CT molecular complexity index is 736. The van der Waals surface area contributed by atoms with Crippen molar-refractivity contribution in [2.45, 2.75) is 25.5 Å². The number of rotatable bonds is 5. The number of halogens is 3. The van der Waals surface area contributed by atoms with E-state index in [9.17, 15) is 19.0 Å². The lowest BCUT2D eigenvalue weighted by molar-refractivity contribution is -0.0770. The summed E-state index contributed by atoms with van der Waals surface area (Å²) in [6.07, 6.45) is 0.185. The summed E-state index contributed by atoms with van der Waals surface area (Å²) in [6.45, 7) is 1.07. The third kappa shape index (κ3) is 4.07. The van der Waals surface area contributed by atoms with Crippen molar-refractivity contribution in [2.24, 2.45) is 5.41 Å². The molecule has 3 nitrogen and oxygen atoms in total. The van der Waals surface area contributed by atoms with Gasteiger partial charge in [0.25, 0.3) is 0 Å². The molecule has 3 rings (SSSR count). The molecule has 0 unspecified atom stereocenters. The second-order valence-electron chi connectivity index (χ2n) is 7.04. The maximum atomic E-state index is 14.1. The molecule has 0 saturated carbocycles. The quantitative estimate of drug-likeness (QED) is 0.834. The van der Waals surface area contributed by atoms with Crippen LogP contribution in [0.5, 0.6) is 0 Å². The van der Waals surface area contributed by atoms with Crippen LogP contribution in [0.25, 0.3) is 0 Å². The first-order chi connectivity index (χ1) is 12.4. The highest BCUT2D eigenvalue weighted by Gasteiger charge is 2.42. The number of likely N-dealkylation sites (tertiary alicyclic amines) is 1. The predicted molar refractivity (Wildman–Crippen MR) is 96.9 cm³/mol. The normalized spacial score (nSPS) is 24.0. The van der Waals surface area contributed by atoms with Gasteiger partial charge >= 0.3 is 0 Å². The van der Waals surface area contributed by atoms with Gasteiger partial charge in [0, 0.05) is 35.6 Å². The van der Waals surface area contributed by atoms with Crippen LogP contribution in [0.4, 0.5) is 8.78 Å². The van der Waals surface area contributed by atoms with Gasteiger partial charge < -0.3 is 10.2 Å². The maximum Gasteiger partial charge on any atom is 0.129 e. The Hall–Kier alpha value is -1.53. The number of piperidine rings is 1. The van der Waals surface area contributed by atoms with Crippen molar-refractivity contribution in [3.63, 3.8) is 0 Å². The van der Waals surface area contributed by atoms with E-state index in [0.717, 1.165) is 5.56 Å². The smallest absolute Gasteiger partial charge is 0.129 e. The first-order valence-electron chi connectivity index (χ1n) is 8.62. The van der Waals surface area contributed by atoms with E-state index in [2.05, 4.69) is 0 Å². The molecule has 0 aromatic heterocycles. The van der Waals surface area contributed by atoms with Crippen LogP contribution >= 0.6 is 11.6 Å². The lowest BCUT2D eigenvalue weighted by Gasteiger charge is -2.45. The SMILES string of the molecule is OC[C@]1(Cc2ccc(F)cc2)CN(Cc2c(F)cccc2Cl)CC[C@@H]1O. The maximum absolute atomic E-state index is 14.1. The van der Waals surface area contributed by atoms with Gasteiger partial charge in [0.2, 0.25) is 0 Å². The molecule has 1 saturated heterocycles. The minimum absolute atomic E-state index is 0.215. The summed E-state index contributed by atoms with van der Waals surface area (Å²) in [5.74, 6) is -0.691. The van der Waals surface area contributed by atoms with Gasteiger partial charge in [-0.15, -0.1) is 0 Å². The molecule has 1 heterocycles. The van der Waals surface area contributed by atoms with Gasteiger partial charge in [0.05, 0.1) is 12.7 Å². The average molecular weight is 382 g/mol. The van der Waals surface area contributed by atoms with Gasteiger partial charge in [-0.3, -0.25) is 4.90 Å². The zero-order valence-electron chi connectivity index (χ0n) is 14.3. The molecule has 0 bridgehead atoms. The highest BCUT2D eigenvalue weighted by molar-refractivity contribution is 6.31. The Labute approximate surface area is 156 Å². The predicted octanol–water partition coefficient (Wildman–Crippen LogP) is 3.41. The fourth-order valence-corrected chi connectivity index (χ4v) is 3.90. The minimum atomic E-state index is -0.784. The van der Waals surface area contributed by atoms with E-state index in [0.29, 0.717) is 43.1 Å². The number of aliphatic hydroxyl groups is 2. The Morgan fingerprint density at radius 3 is 2.54 bits per heavy atom. The van der Waals surface area contributed by atoms with E-state index in [-0.39, 0.29) is 18.2 Å². The molecule has 1 aliphatic rings. The molecular weight excluding hydrogens is 360 g/mol. The van der Waals surface area contributed by atoms with Crippen LogP contribution in [-0.4, -0.2) is 40.9 Å². The molecule has 140 valence electrons. The Morgan fingerprint density at radius 2 is 1.88 bits per heavy atom. The molecule has 0 spiro atoms. The van der Waals surface area contributed by atoms with Crippen molar-refractivity contribution < 1.29 is 19.0 Å². The summed E-state index contributed by atoms with van der Waals surface area (Å²) >= 11 is 6.13. The van der Waals surface area contributed by atoms with Crippen molar-refractivity contribution in [3.05, 3.63) is 70.2 Å². The van der Waals surface area contributed by atoms with Crippen LogP contribution in [0, 0.1) is 17.0 Å². The van der Waals surface area contributed by atoms with E-state index in [1.54, 1.807) is 24.3 Å². The Balaban J connectivity index is 1.80. The fourth-order valence-electron chi connectivity index (χ4n) is 3.68. The van der Waals surface area contributed by atoms with Gasteiger partial charge in [0.15, 0.2) is 0 Å². The zero-order valence-corrected chi connectivity index (χ0v) is 15.1. The molecule has 0 aliphatic carbocycles. The third-order valence-electron chi connectivity index (χ3n) is 5.19. The third-order valence-corrected chi connectivity index (χ3v) is 5.55. The largest absolute Gasteiger partial charge is 0.396 e. The number of benzene rings is 2. The van der Waals surface area contributed by atoms with Crippen LogP contribution in [-0.2, 0) is 13.0 Å². The highest BCUT2D eigenvalue weighted by Crippen LogP contribution is 2.35. The van der Waals surface area contributed by atoms with Crippen LogP contribution in [0.2, 0.25) is 5.02 Å². The van der Waals surface area contributed by atoms with E-state index in [1.807, 2.05) is 4.90 Å². The topological polar surface area (TPSA) is 43.7 Å². The Kier molecular flexibility index (Phi) is 5.92. The van der Waals surface area contributed by atoms with Crippen molar-refractivity contribution in [1.82, 2.24) is 4.90 Å². The lowest BCUT2D eigenvalue weighted by atomic mass is 9.73. The van der Waals surface area contributed by atoms with Gasteiger partial charge in [-0.1, -0.05) is 29.8 Å². The molecular formula is C20H22ClF2NO2. The summed E-state index contributed by atoms with van der Waals surface area (Å²) in [5, 5.41) is 21.0. The van der Waals surface area contributed by atoms with E-state index < -0.39 is 11.5 Å². The Morgan fingerprint density at radius 1 is 1.15 bits per heavy atom. The number of nitrogens with zero attached hydrogens (tertiary/aromatic N) is 1. The number of aliphatic hydroxyl groups excluding tert-OH is 2. The van der Waals surface area contributed by atoms with Gasteiger partial charge in [-0.05, 0) is 42.7 Å². The standard InChI is InChI=1S/C20H22ClF2NO2/c21-17-2-1-3-18(23)16(17)11-24-9-8-19(26)20(12-24,13-25)10-14-4-6-15(22)7-5-14/h1-7,19,25-26H,8-13H2/t19-,20-/m0/s1. The summed E-state index contributed by atoms with van der Waals surface area (Å²) in [7, 11) is 0. The van der Waals surface area contributed by atoms with E-state index in [4.69, 9.17) is 11.6 Å². The van der Waals surface area contributed by atoms with E-state index >= 15 is 0 Å². The van der Waals surface area contributed by atoms with Crippen LogP contribution < -0.4 is 0 Å². The first kappa shape index (κ1) is 19.2. The summed E-state index contributed by atoms with van der Waals surface area (Å²) in [5.41, 5.74) is 0.470. The molecule has 6 heteroatoms. The van der Waals surface area contributed by atoms with Gasteiger partial charge in [0.1, 0.15) is 11.6 Å². The van der Waals surface area contributed by atoms with Crippen LogP contribution in [0.1, 0.15) is 17.5 Å². The molecule has 1 aliphatic heterocycles. The molecule has 0 radical (unpaired) electrons. The molecule has 2 aromatic rings. The van der Waals surface area contributed by atoms with Crippen LogP contribution in [0.15, 0.2) is 42.5 Å². The van der Waals surface area contributed by atoms with Crippen molar-refractivity contribution in [3.8, 4) is 0 Å². The molecule has 0 amide bonds. The fraction of sp³-hybridized carbons (Fsp3) is 0.400. The van der Waals surface area contributed by atoms with Crippen molar-refractivity contribution in [2.75, 3.05) is 19.7 Å². The zero-order chi connectivity index (χ0) is 18.7. The highest BCUT2D eigenvalue weighted by atomic mass is 35.5. The molecule has 2 aromatic carbocycles. The monoisotopic (exact) mass is 381 g/mol. The average Bonchev–Trinajstić information content (AvgIpc) is 2.63. The lowest BCUT2D eigenvalue weighted by Crippen LogP contribution is -2.54. The summed E-state index contributed by atoms with van der Waals surface area (Å²) < 4.78 is 27.2. The van der Waals surface area contributed by atoms with Gasteiger partial charge in [-0.25, -0.2) is 8.78 Å². The molecule has 2 N–H and O–H groups in total. The van der Waals surface area contributed by atoms with Crippen molar-refractivity contribution >= 4 is 11.6 Å². The second kappa shape index (κ2) is 8.01. The second-order valence-corrected chi connectivity index (χ2v) is 7.45. The first-order valence-corrected chi connectivity index (χ1v) is 9.00. The summed E-state index contributed by atoms with van der Waals surface area (Å²) in [6, 6.07) is 10.6. The van der Waals surface area contributed by atoms with Gasteiger partial charge in [-0.2, -0.15) is 0 Å². The minimum Gasteiger partial charge on any atom is -0.396 e.